The van der Waals surface area contributed by atoms with Crippen molar-refractivity contribution in [2.45, 2.75) is 31.9 Å². The molecule has 0 aliphatic carbocycles. The number of likely N-dealkylation sites (N-methyl/N-ethyl adjacent to an activating group) is 1. The average molecular weight is 205 g/mol. The van der Waals surface area contributed by atoms with Crippen molar-refractivity contribution in [2.75, 3.05) is 13.6 Å². The van der Waals surface area contributed by atoms with Crippen molar-refractivity contribution in [1.82, 2.24) is 4.90 Å². The van der Waals surface area contributed by atoms with E-state index >= 15 is 0 Å². The van der Waals surface area contributed by atoms with Crippen LogP contribution in [0.1, 0.15) is 24.5 Å². The van der Waals surface area contributed by atoms with Crippen LogP contribution in [-0.4, -0.2) is 29.6 Å². The largest absolute Gasteiger partial charge is 0.383 e. The lowest BCUT2D eigenvalue weighted by Gasteiger charge is -2.30. The van der Waals surface area contributed by atoms with Crippen molar-refractivity contribution < 1.29 is 5.11 Å². The number of rotatable bonds is 1. The number of aliphatic hydroxyl groups is 1. The normalized spacial score (nSPS) is 32.1. The fraction of sp³-hybridized carbons (Fsp3) is 0.538. The van der Waals surface area contributed by atoms with Gasteiger partial charge in [0.05, 0.1) is 0 Å². The quantitative estimate of drug-likeness (QED) is 0.757. The molecule has 1 aliphatic heterocycles. The van der Waals surface area contributed by atoms with Crippen LogP contribution < -0.4 is 0 Å². The molecule has 1 fully saturated rings. The third-order valence-electron chi connectivity index (χ3n) is 3.75. The van der Waals surface area contributed by atoms with E-state index in [2.05, 4.69) is 37.9 Å². The van der Waals surface area contributed by atoms with E-state index in [1.54, 1.807) is 0 Å². The molecule has 1 aliphatic rings. The first-order chi connectivity index (χ1) is 7.04. The molecule has 2 heteroatoms. The summed E-state index contributed by atoms with van der Waals surface area (Å²) in [6.45, 7) is 5.12. The van der Waals surface area contributed by atoms with E-state index in [-0.39, 0.29) is 6.04 Å². The number of hydrogen-bond donors (Lipinski definition) is 1. The van der Waals surface area contributed by atoms with Gasteiger partial charge in [0, 0.05) is 12.6 Å². The first kappa shape index (κ1) is 10.7. The molecule has 2 atom stereocenters. The van der Waals surface area contributed by atoms with Crippen LogP contribution in [0.5, 0.6) is 0 Å². The van der Waals surface area contributed by atoms with E-state index in [1.807, 2.05) is 12.1 Å². The molecule has 15 heavy (non-hydrogen) atoms. The molecule has 82 valence electrons. The van der Waals surface area contributed by atoms with Gasteiger partial charge in [0.15, 0.2) is 0 Å². The molecule has 1 N–H and O–H groups in total. The van der Waals surface area contributed by atoms with Gasteiger partial charge in [0.25, 0.3) is 0 Å². The van der Waals surface area contributed by atoms with Gasteiger partial charge in [-0.25, -0.2) is 0 Å². The van der Waals surface area contributed by atoms with Gasteiger partial charge in [-0.2, -0.15) is 0 Å². The molecule has 1 saturated heterocycles. The Hall–Kier alpha value is -0.860. The minimum absolute atomic E-state index is 0.195. The number of likely N-dealkylation sites (tertiary alicyclic amines) is 1. The van der Waals surface area contributed by atoms with Crippen molar-refractivity contribution >= 4 is 0 Å². The molecular weight excluding hydrogens is 186 g/mol. The van der Waals surface area contributed by atoms with Crippen LogP contribution in [0.3, 0.4) is 0 Å². The molecule has 1 aromatic carbocycles. The molecule has 0 amide bonds. The van der Waals surface area contributed by atoms with Gasteiger partial charge in [-0.1, -0.05) is 29.8 Å². The summed E-state index contributed by atoms with van der Waals surface area (Å²) in [5.74, 6) is 0. The number of hydrogen-bond acceptors (Lipinski definition) is 2. The fourth-order valence-electron chi connectivity index (χ4n) is 2.34. The highest BCUT2D eigenvalue weighted by Crippen LogP contribution is 2.36. The summed E-state index contributed by atoms with van der Waals surface area (Å²) in [4.78, 5) is 2.21. The van der Waals surface area contributed by atoms with Crippen LogP contribution in [-0.2, 0) is 5.60 Å². The van der Waals surface area contributed by atoms with E-state index in [0.29, 0.717) is 0 Å². The van der Waals surface area contributed by atoms with Crippen LogP contribution >= 0.6 is 0 Å². The smallest absolute Gasteiger partial charge is 0.106 e. The second-order valence-corrected chi connectivity index (χ2v) is 4.70. The lowest BCUT2D eigenvalue weighted by molar-refractivity contribution is 0.0109. The zero-order valence-electron chi connectivity index (χ0n) is 9.70. The third-order valence-corrected chi connectivity index (χ3v) is 3.75. The minimum atomic E-state index is -0.664. The van der Waals surface area contributed by atoms with Gasteiger partial charge >= 0.3 is 0 Å². The summed E-state index contributed by atoms with van der Waals surface area (Å²) >= 11 is 0. The van der Waals surface area contributed by atoms with Crippen LogP contribution in [0.2, 0.25) is 0 Å². The molecule has 0 saturated carbocycles. The predicted octanol–water partition coefficient (Wildman–Crippen LogP) is 1.91. The molecular formula is C13H19NO. The highest BCUT2D eigenvalue weighted by Gasteiger charge is 2.42. The van der Waals surface area contributed by atoms with E-state index < -0.39 is 5.60 Å². The van der Waals surface area contributed by atoms with E-state index in [1.165, 1.54) is 5.56 Å². The maximum absolute atomic E-state index is 10.7. The van der Waals surface area contributed by atoms with Crippen molar-refractivity contribution in [3.05, 3.63) is 35.4 Å². The van der Waals surface area contributed by atoms with Crippen molar-refractivity contribution in [3.63, 3.8) is 0 Å². The van der Waals surface area contributed by atoms with Crippen LogP contribution in [0, 0.1) is 6.92 Å². The Morgan fingerprint density at radius 3 is 2.40 bits per heavy atom. The standard InChI is InChI=1S/C13H19NO/c1-10-4-6-12(7-5-10)13(15)8-9-14(3)11(13)2/h4-7,11,15H,8-9H2,1-3H3/t11-,13-/m1/s1. The molecule has 2 rings (SSSR count). The molecule has 0 unspecified atom stereocenters. The molecule has 0 radical (unpaired) electrons. The third kappa shape index (κ3) is 1.68. The fourth-order valence-corrected chi connectivity index (χ4v) is 2.34. The molecule has 0 aromatic heterocycles. The first-order valence-corrected chi connectivity index (χ1v) is 5.54. The molecule has 0 bridgehead atoms. The first-order valence-electron chi connectivity index (χ1n) is 5.54. The van der Waals surface area contributed by atoms with Gasteiger partial charge in [-0.05, 0) is 32.9 Å². The summed E-state index contributed by atoms with van der Waals surface area (Å²) in [6, 6.07) is 8.42. The van der Waals surface area contributed by atoms with Crippen LogP contribution in [0.25, 0.3) is 0 Å². The maximum Gasteiger partial charge on any atom is 0.106 e. The second kappa shape index (κ2) is 3.62. The van der Waals surface area contributed by atoms with E-state index in [0.717, 1.165) is 18.5 Å². The SMILES string of the molecule is Cc1ccc([C@@]2(O)CCN(C)[C@@H]2C)cc1. The van der Waals surface area contributed by atoms with Crippen molar-refractivity contribution in [3.8, 4) is 0 Å². The van der Waals surface area contributed by atoms with Crippen molar-refractivity contribution in [1.29, 1.82) is 0 Å². The van der Waals surface area contributed by atoms with Crippen LogP contribution in [0.4, 0.5) is 0 Å². The average Bonchev–Trinajstić information content (AvgIpc) is 2.48. The minimum Gasteiger partial charge on any atom is -0.383 e. The zero-order valence-corrected chi connectivity index (χ0v) is 9.70. The van der Waals surface area contributed by atoms with E-state index in [4.69, 9.17) is 0 Å². The topological polar surface area (TPSA) is 23.5 Å². The molecule has 0 spiro atoms. The highest BCUT2D eigenvalue weighted by molar-refractivity contribution is 5.29. The Kier molecular flexibility index (Phi) is 2.57. The summed E-state index contributed by atoms with van der Waals surface area (Å²) in [6.07, 6.45) is 0.827. The number of aryl methyl sites for hydroxylation is 1. The Balaban J connectivity index is 2.33. The van der Waals surface area contributed by atoms with Gasteiger partial charge in [-0.15, -0.1) is 0 Å². The lowest BCUT2D eigenvalue weighted by atomic mass is 9.87. The summed E-state index contributed by atoms with van der Waals surface area (Å²) in [7, 11) is 2.07. The van der Waals surface area contributed by atoms with Crippen molar-refractivity contribution in [2.24, 2.45) is 0 Å². The number of nitrogens with zero attached hydrogens (tertiary/aromatic N) is 1. The Morgan fingerprint density at radius 1 is 1.33 bits per heavy atom. The predicted molar refractivity (Wildman–Crippen MR) is 61.8 cm³/mol. The molecule has 2 nitrogen and oxygen atoms in total. The lowest BCUT2D eigenvalue weighted by Crippen LogP contribution is -2.38. The Labute approximate surface area is 91.5 Å². The van der Waals surface area contributed by atoms with Gasteiger partial charge in [-0.3, -0.25) is 0 Å². The summed E-state index contributed by atoms with van der Waals surface area (Å²) in [5.41, 5.74) is 1.62. The second-order valence-electron chi connectivity index (χ2n) is 4.70. The molecule has 1 aromatic rings. The Morgan fingerprint density at radius 2 is 1.93 bits per heavy atom. The van der Waals surface area contributed by atoms with Gasteiger partial charge < -0.3 is 10.0 Å². The zero-order chi connectivity index (χ0) is 11.1. The van der Waals surface area contributed by atoms with Crippen LogP contribution in [0.15, 0.2) is 24.3 Å². The van der Waals surface area contributed by atoms with Gasteiger partial charge in [0.1, 0.15) is 5.60 Å². The highest BCUT2D eigenvalue weighted by atomic mass is 16.3. The van der Waals surface area contributed by atoms with E-state index in [9.17, 15) is 5.11 Å². The Bertz CT molecular complexity index is 346. The maximum atomic E-state index is 10.7. The van der Waals surface area contributed by atoms with Gasteiger partial charge in [0.2, 0.25) is 0 Å². The molecule has 1 heterocycles. The number of benzene rings is 1. The summed E-state index contributed by atoms with van der Waals surface area (Å²) < 4.78 is 0. The monoisotopic (exact) mass is 205 g/mol. The summed E-state index contributed by atoms with van der Waals surface area (Å²) in [5, 5.41) is 10.7.